The number of hydrogen-bond donors (Lipinski definition) is 2. The molecule has 1 saturated carbocycles. The topological polar surface area (TPSA) is 29.1 Å². The molecular formula is C16H22BrNOS. The van der Waals surface area contributed by atoms with Crippen LogP contribution in [0.1, 0.15) is 49.4 Å². The van der Waals surface area contributed by atoms with Crippen molar-refractivity contribution in [2.45, 2.75) is 43.9 Å². The standard InChI is InChI=1S/C16H22BrNOS/c1-11-3-2-4-12(9-11)7-8-18-16(19)14-10-13(20)5-6-15(14)17/h5-6,10-12,20H,2-4,7-9H2,1H3,(H,18,19). The van der Waals surface area contributed by atoms with E-state index in [1.165, 1.54) is 25.7 Å². The van der Waals surface area contributed by atoms with Crippen LogP contribution in [0.15, 0.2) is 27.6 Å². The van der Waals surface area contributed by atoms with E-state index in [4.69, 9.17) is 0 Å². The quantitative estimate of drug-likeness (QED) is 0.754. The second-order valence-corrected chi connectivity index (χ2v) is 7.22. The molecule has 1 aromatic carbocycles. The first-order valence-corrected chi connectivity index (χ1v) is 8.57. The number of hydrogen-bond acceptors (Lipinski definition) is 2. The smallest absolute Gasteiger partial charge is 0.252 e. The first-order chi connectivity index (χ1) is 9.56. The van der Waals surface area contributed by atoms with E-state index in [0.717, 1.165) is 34.2 Å². The molecule has 0 aliphatic heterocycles. The highest BCUT2D eigenvalue weighted by atomic mass is 79.9. The minimum absolute atomic E-state index is 0.0170. The monoisotopic (exact) mass is 355 g/mol. The summed E-state index contributed by atoms with van der Waals surface area (Å²) in [6, 6.07) is 5.53. The van der Waals surface area contributed by atoms with Crippen LogP contribution < -0.4 is 5.32 Å². The van der Waals surface area contributed by atoms with Gasteiger partial charge in [0, 0.05) is 15.9 Å². The Kier molecular flexibility index (Phi) is 5.97. The summed E-state index contributed by atoms with van der Waals surface area (Å²) in [5, 5.41) is 3.03. The summed E-state index contributed by atoms with van der Waals surface area (Å²) < 4.78 is 0.819. The van der Waals surface area contributed by atoms with Crippen LogP contribution in [-0.4, -0.2) is 12.5 Å². The fourth-order valence-electron chi connectivity index (χ4n) is 2.99. The molecule has 2 rings (SSSR count). The lowest BCUT2D eigenvalue weighted by molar-refractivity contribution is 0.0948. The van der Waals surface area contributed by atoms with E-state index >= 15 is 0 Å². The highest BCUT2D eigenvalue weighted by molar-refractivity contribution is 9.10. The van der Waals surface area contributed by atoms with E-state index in [-0.39, 0.29) is 5.91 Å². The van der Waals surface area contributed by atoms with Gasteiger partial charge in [0.15, 0.2) is 0 Å². The molecule has 0 aromatic heterocycles. The van der Waals surface area contributed by atoms with Gasteiger partial charge in [0.05, 0.1) is 5.56 Å². The van der Waals surface area contributed by atoms with Gasteiger partial charge in [-0.3, -0.25) is 4.79 Å². The molecule has 2 nitrogen and oxygen atoms in total. The van der Waals surface area contributed by atoms with Crippen LogP contribution in [0.3, 0.4) is 0 Å². The fraction of sp³-hybridized carbons (Fsp3) is 0.562. The van der Waals surface area contributed by atoms with E-state index in [1.807, 2.05) is 12.1 Å². The van der Waals surface area contributed by atoms with Gasteiger partial charge in [0.2, 0.25) is 0 Å². The van der Waals surface area contributed by atoms with Crippen LogP contribution in [0, 0.1) is 11.8 Å². The van der Waals surface area contributed by atoms with Gasteiger partial charge in [-0.1, -0.05) is 26.2 Å². The zero-order valence-electron chi connectivity index (χ0n) is 11.9. The minimum Gasteiger partial charge on any atom is -0.352 e. The highest BCUT2D eigenvalue weighted by Crippen LogP contribution is 2.30. The molecular weight excluding hydrogens is 334 g/mol. The number of carbonyl (C=O) groups excluding carboxylic acids is 1. The molecule has 0 spiro atoms. The minimum atomic E-state index is -0.0170. The van der Waals surface area contributed by atoms with Crippen molar-refractivity contribution in [3.05, 3.63) is 28.2 Å². The predicted octanol–water partition coefficient (Wildman–Crippen LogP) is 4.68. The Morgan fingerprint density at radius 2 is 2.25 bits per heavy atom. The van der Waals surface area contributed by atoms with E-state index < -0.39 is 0 Å². The van der Waals surface area contributed by atoms with Gasteiger partial charge in [0.25, 0.3) is 5.91 Å². The Balaban J connectivity index is 1.81. The van der Waals surface area contributed by atoms with Crippen molar-refractivity contribution in [2.24, 2.45) is 11.8 Å². The lowest BCUT2D eigenvalue weighted by atomic mass is 9.81. The van der Waals surface area contributed by atoms with E-state index in [0.29, 0.717) is 5.56 Å². The van der Waals surface area contributed by atoms with Crippen LogP contribution in [0.25, 0.3) is 0 Å². The number of carbonyl (C=O) groups is 1. The van der Waals surface area contributed by atoms with E-state index in [2.05, 4.69) is 40.8 Å². The van der Waals surface area contributed by atoms with Gasteiger partial charge in [-0.15, -0.1) is 12.6 Å². The van der Waals surface area contributed by atoms with Crippen molar-refractivity contribution in [1.82, 2.24) is 5.32 Å². The van der Waals surface area contributed by atoms with Gasteiger partial charge < -0.3 is 5.32 Å². The Morgan fingerprint density at radius 1 is 1.45 bits per heavy atom. The number of nitrogens with one attached hydrogen (secondary N) is 1. The summed E-state index contributed by atoms with van der Waals surface area (Å²) in [7, 11) is 0. The zero-order valence-corrected chi connectivity index (χ0v) is 14.3. The van der Waals surface area contributed by atoms with Gasteiger partial charge >= 0.3 is 0 Å². The summed E-state index contributed by atoms with van der Waals surface area (Å²) in [6.45, 7) is 3.10. The summed E-state index contributed by atoms with van der Waals surface area (Å²) in [6.07, 6.45) is 6.42. The van der Waals surface area contributed by atoms with Crippen molar-refractivity contribution in [2.75, 3.05) is 6.54 Å². The molecule has 110 valence electrons. The summed E-state index contributed by atoms with van der Waals surface area (Å²) in [4.78, 5) is 13.0. The molecule has 1 fully saturated rings. The third-order valence-corrected chi connectivity index (χ3v) is 5.05. The van der Waals surface area contributed by atoms with Crippen molar-refractivity contribution in [1.29, 1.82) is 0 Å². The Labute approximate surface area is 135 Å². The molecule has 0 bridgehead atoms. The lowest BCUT2D eigenvalue weighted by Gasteiger charge is -2.26. The molecule has 1 aromatic rings. The largest absolute Gasteiger partial charge is 0.352 e. The molecule has 1 aliphatic rings. The summed E-state index contributed by atoms with van der Waals surface area (Å²) in [5.74, 6) is 1.61. The molecule has 4 heteroatoms. The first kappa shape index (κ1) is 15.9. The number of thiol groups is 1. The van der Waals surface area contributed by atoms with Crippen molar-refractivity contribution in [3.8, 4) is 0 Å². The molecule has 2 atom stereocenters. The summed E-state index contributed by atoms with van der Waals surface area (Å²) >= 11 is 7.69. The molecule has 0 heterocycles. The van der Waals surface area contributed by atoms with Crippen LogP contribution >= 0.6 is 28.6 Å². The van der Waals surface area contributed by atoms with Gasteiger partial charge in [0.1, 0.15) is 0 Å². The normalized spacial score (nSPS) is 22.6. The van der Waals surface area contributed by atoms with Crippen LogP contribution in [0.4, 0.5) is 0 Å². The van der Waals surface area contributed by atoms with Gasteiger partial charge in [-0.25, -0.2) is 0 Å². The molecule has 0 saturated heterocycles. The van der Waals surface area contributed by atoms with Crippen molar-refractivity contribution in [3.63, 3.8) is 0 Å². The van der Waals surface area contributed by atoms with Crippen molar-refractivity contribution >= 4 is 34.5 Å². The second kappa shape index (κ2) is 7.51. The molecule has 20 heavy (non-hydrogen) atoms. The average Bonchev–Trinajstić information content (AvgIpc) is 2.41. The van der Waals surface area contributed by atoms with Crippen LogP contribution in [0.5, 0.6) is 0 Å². The molecule has 2 unspecified atom stereocenters. The third-order valence-electron chi connectivity index (χ3n) is 4.08. The molecule has 1 aliphatic carbocycles. The maximum absolute atomic E-state index is 12.1. The Hall–Kier alpha value is -0.480. The Bertz CT molecular complexity index is 478. The molecule has 1 amide bonds. The van der Waals surface area contributed by atoms with Gasteiger partial charge in [-0.05, 0) is 58.8 Å². The molecule has 0 radical (unpaired) electrons. The SMILES string of the molecule is CC1CCCC(CCNC(=O)c2cc(S)ccc2Br)C1. The van der Waals surface area contributed by atoms with Crippen LogP contribution in [-0.2, 0) is 0 Å². The maximum Gasteiger partial charge on any atom is 0.252 e. The second-order valence-electron chi connectivity index (χ2n) is 5.85. The number of halogens is 1. The number of amides is 1. The van der Waals surface area contributed by atoms with Crippen LogP contribution in [0.2, 0.25) is 0 Å². The maximum atomic E-state index is 12.1. The number of rotatable bonds is 4. The third kappa shape index (κ3) is 4.52. The van der Waals surface area contributed by atoms with E-state index in [1.54, 1.807) is 6.07 Å². The molecule has 1 N–H and O–H groups in total. The first-order valence-electron chi connectivity index (χ1n) is 7.33. The van der Waals surface area contributed by atoms with E-state index in [9.17, 15) is 4.79 Å². The summed E-state index contributed by atoms with van der Waals surface area (Å²) in [5.41, 5.74) is 0.662. The zero-order chi connectivity index (χ0) is 14.5. The lowest BCUT2D eigenvalue weighted by Crippen LogP contribution is -2.27. The average molecular weight is 356 g/mol. The fourth-order valence-corrected chi connectivity index (χ4v) is 3.62. The van der Waals surface area contributed by atoms with Gasteiger partial charge in [-0.2, -0.15) is 0 Å². The van der Waals surface area contributed by atoms with Crippen molar-refractivity contribution < 1.29 is 4.79 Å². The Morgan fingerprint density at radius 3 is 3.00 bits per heavy atom. The predicted molar refractivity (Wildman–Crippen MR) is 89.5 cm³/mol. The highest BCUT2D eigenvalue weighted by Gasteiger charge is 2.19. The number of benzene rings is 1.